The highest BCUT2D eigenvalue weighted by atomic mass is 16.5. The molecule has 3 N–H and O–H groups in total. The van der Waals surface area contributed by atoms with Crippen LogP contribution in [0.1, 0.15) is 25.0 Å². The van der Waals surface area contributed by atoms with Gasteiger partial charge in [-0.15, -0.1) is 0 Å². The number of aliphatic hydroxyl groups is 1. The van der Waals surface area contributed by atoms with Crippen molar-refractivity contribution in [1.82, 2.24) is 0 Å². The van der Waals surface area contributed by atoms with E-state index in [-0.39, 0.29) is 12.5 Å². The van der Waals surface area contributed by atoms with E-state index >= 15 is 0 Å². The number of nitrogens with two attached hydrogens (primary N) is 1. The molecule has 1 aromatic rings. The first-order chi connectivity index (χ1) is 7.45. The summed E-state index contributed by atoms with van der Waals surface area (Å²) in [5.41, 5.74) is 6.58. The van der Waals surface area contributed by atoms with Gasteiger partial charge in [-0.1, -0.05) is 19.9 Å². The number of ether oxygens (including phenoxy) is 1. The van der Waals surface area contributed by atoms with E-state index in [0.29, 0.717) is 0 Å². The minimum absolute atomic E-state index is 0.0743. The van der Waals surface area contributed by atoms with Crippen molar-refractivity contribution in [2.75, 3.05) is 13.7 Å². The monoisotopic (exact) mass is 223 g/mol. The molecule has 3 nitrogen and oxygen atoms in total. The van der Waals surface area contributed by atoms with Gasteiger partial charge < -0.3 is 15.6 Å². The smallest absolute Gasteiger partial charge is 0.121 e. The van der Waals surface area contributed by atoms with Gasteiger partial charge in [0.05, 0.1) is 7.11 Å². The Bertz CT molecular complexity index is 363. The highest BCUT2D eigenvalue weighted by Crippen LogP contribution is 2.31. The van der Waals surface area contributed by atoms with Gasteiger partial charge in [-0.05, 0) is 36.1 Å². The van der Waals surface area contributed by atoms with E-state index < -0.39 is 5.60 Å². The summed E-state index contributed by atoms with van der Waals surface area (Å²) in [6.07, 6.45) is 0. The summed E-state index contributed by atoms with van der Waals surface area (Å²) in [6, 6.07) is 5.68. The van der Waals surface area contributed by atoms with Crippen LogP contribution >= 0.6 is 0 Å². The molecule has 0 aliphatic heterocycles. The van der Waals surface area contributed by atoms with Crippen LogP contribution in [0.3, 0.4) is 0 Å². The summed E-state index contributed by atoms with van der Waals surface area (Å²) >= 11 is 0. The van der Waals surface area contributed by atoms with Gasteiger partial charge in [0, 0.05) is 6.54 Å². The Labute approximate surface area is 97.2 Å². The van der Waals surface area contributed by atoms with Crippen molar-refractivity contribution < 1.29 is 9.84 Å². The largest absolute Gasteiger partial charge is 0.496 e. The Kier molecular flexibility index (Phi) is 3.94. The third-order valence-electron chi connectivity index (χ3n) is 3.16. The maximum atomic E-state index is 10.5. The second-order valence-electron chi connectivity index (χ2n) is 4.47. The first kappa shape index (κ1) is 13.0. The number of aryl methyl sites for hydroxylation is 1. The zero-order valence-corrected chi connectivity index (χ0v) is 10.4. The van der Waals surface area contributed by atoms with E-state index in [2.05, 4.69) is 0 Å². The van der Waals surface area contributed by atoms with E-state index in [1.807, 2.05) is 39.0 Å². The molecule has 1 atom stereocenters. The molecule has 0 aliphatic rings. The first-order valence-corrected chi connectivity index (χ1v) is 5.53. The van der Waals surface area contributed by atoms with Crippen molar-refractivity contribution in [3.8, 4) is 5.75 Å². The van der Waals surface area contributed by atoms with Crippen LogP contribution in [0.4, 0.5) is 0 Å². The van der Waals surface area contributed by atoms with Crippen molar-refractivity contribution in [1.29, 1.82) is 0 Å². The molecule has 0 aromatic heterocycles. The van der Waals surface area contributed by atoms with E-state index in [0.717, 1.165) is 16.9 Å². The van der Waals surface area contributed by atoms with Crippen LogP contribution in [0, 0.1) is 12.8 Å². The van der Waals surface area contributed by atoms with E-state index in [9.17, 15) is 5.11 Å². The lowest BCUT2D eigenvalue weighted by Gasteiger charge is -2.31. The number of rotatable bonds is 4. The van der Waals surface area contributed by atoms with Gasteiger partial charge in [0.2, 0.25) is 0 Å². The highest BCUT2D eigenvalue weighted by Gasteiger charge is 2.31. The molecule has 1 rings (SSSR count). The second-order valence-corrected chi connectivity index (χ2v) is 4.47. The molecular weight excluding hydrogens is 202 g/mol. The van der Waals surface area contributed by atoms with E-state index in [1.165, 1.54) is 0 Å². The summed E-state index contributed by atoms with van der Waals surface area (Å²) in [4.78, 5) is 0. The van der Waals surface area contributed by atoms with Gasteiger partial charge in [0.25, 0.3) is 0 Å². The molecule has 90 valence electrons. The molecular formula is C13H21NO2. The molecule has 0 saturated heterocycles. The van der Waals surface area contributed by atoms with Crippen LogP contribution in [-0.4, -0.2) is 18.8 Å². The lowest BCUT2D eigenvalue weighted by atomic mass is 9.83. The van der Waals surface area contributed by atoms with Gasteiger partial charge in [-0.25, -0.2) is 0 Å². The molecule has 0 saturated carbocycles. The molecule has 3 heteroatoms. The van der Waals surface area contributed by atoms with Crippen molar-refractivity contribution in [3.05, 3.63) is 29.3 Å². The Morgan fingerprint density at radius 1 is 1.44 bits per heavy atom. The summed E-state index contributed by atoms with van der Waals surface area (Å²) in [5.74, 6) is 0.900. The van der Waals surface area contributed by atoms with Gasteiger partial charge in [-0.2, -0.15) is 0 Å². The predicted octanol–water partition coefficient (Wildman–Crippen LogP) is 1.81. The van der Waals surface area contributed by atoms with E-state index in [4.69, 9.17) is 10.5 Å². The molecule has 0 aliphatic carbocycles. The number of methoxy groups -OCH3 is 1. The van der Waals surface area contributed by atoms with Crippen LogP contribution in [-0.2, 0) is 5.60 Å². The molecule has 0 fully saturated rings. The van der Waals surface area contributed by atoms with Crippen LogP contribution in [0.5, 0.6) is 5.75 Å². The molecule has 1 unspecified atom stereocenters. The third-order valence-corrected chi connectivity index (χ3v) is 3.16. The van der Waals surface area contributed by atoms with Crippen LogP contribution in [0.15, 0.2) is 18.2 Å². The Balaban J connectivity index is 3.18. The highest BCUT2D eigenvalue weighted by molar-refractivity contribution is 5.38. The summed E-state index contributed by atoms with van der Waals surface area (Å²) in [7, 11) is 1.64. The Morgan fingerprint density at radius 2 is 2.06 bits per heavy atom. The Morgan fingerprint density at radius 3 is 2.44 bits per heavy atom. The zero-order valence-electron chi connectivity index (χ0n) is 10.4. The molecule has 0 radical (unpaired) electrons. The van der Waals surface area contributed by atoms with Gasteiger partial charge in [-0.3, -0.25) is 0 Å². The fourth-order valence-electron chi connectivity index (χ4n) is 1.83. The summed E-state index contributed by atoms with van der Waals surface area (Å²) in [6.45, 7) is 6.11. The fraction of sp³-hybridized carbons (Fsp3) is 0.538. The molecule has 0 heterocycles. The van der Waals surface area contributed by atoms with Crippen molar-refractivity contribution in [2.24, 2.45) is 11.7 Å². The average Bonchev–Trinajstić information content (AvgIpc) is 2.27. The third kappa shape index (κ3) is 2.20. The molecule has 0 spiro atoms. The minimum atomic E-state index is -0.961. The zero-order chi connectivity index (χ0) is 12.3. The molecule has 0 bridgehead atoms. The number of hydrogen-bond donors (Lipinski definition) is 2. The first-order valence-electron chi connectivity index (χ1n) is 5.53. The van der Waals surface area contributed by atoms with Crippen LogP contribution in [0.2, 0.25) is 0 Å². The number of hydrogen-bond acceptors (Lipinski definition) is 3. The van der Waals surface area contributed by atoms with Crippen LogP contribution < -0.4 is 10.5 Å². The predicted molar refractivity (Wildman–Crippen MR) is 65.5 cm³/mol. The molecule has 0 amide bonds. The average molecular weight is 223 g/mol. The van der Waals surface area contributed by atoms with Crippen molar-refractivity contribution in [2.45, 2.75) is 26.4 Å². The molecule has 1 aromatic carbocycles. The van der Waals surface area contributed by atoms with Gasteiger partial charge in [0.15, 0.2) is 0 Å². The quantitative estimate of drug-likeness (QED) is 0.818. The second kappa shape index (κ2) is 4.85. The standard InChI is InChI=1S/C13H21NO2/c1-9(2)13(15,8-14)11-5-6-12(16-4)10(3)7-11/h5-7,9,15H,8,14H2,1-4H3. The Hall–Kier alpha value is -1.06. The lowest BCUT2D eigenvalue weighted by molar-refractivity contribution is -0.00122. The summed E-state index contributed by atoms with van der Waals surface area (Å²) in [5, 5.41) is 10.5. The normalized spacial score (nSPS) is 14.9. The molecule has 16 heavy (non-hydrogen) atoms. The lowest BCUT2D eigenvalue weighted by Crippen LogP contribution is -2.39. The van der Waals surface area contributed by atoms with E-state index in [1.54, 1.807) is 7.11 Å². The summed E-state index contributed by atoms with van der Waals surface area (Å²) < 4.78 is 5.19. The van der Waals surface area contributed by atoms with Crippen molar-refractivity contribution in [3.63, 3.8) is 0 Å². The van der Waals surface area contributed by atoms with Gasteiger partial charge >= 0.3 is 0 Å². The van der Waals surface area contributed by atoms with Crippen LogP contribution in [0.25, 0.3) is 0 Å². The fourth-order valence-corrected chi connectivity index (χ4v) is 1.83. The van der Waals surface area contributed by atoms with Crippen molar-refractivity contribution >= 4 is 0 Å². The maximum Gasteiger partial charge on any atom is 0.121 e. The topological polar surface area (TPSA) is 55.5 Å². The van der Waals surface area contributed by atoms with Gasteiger partial charge in [0.1, 0.15) is 11.4 Å². The minimum Gasteiger partial charge on any atom is -0.496 e. The SMILES string of the molecule is COc1ccc(C(O)(CN)C(C)C)cc1C. The maximum absolute atomic E-state index is 10.5. The number of benzene rings is 1.